The lowest BCUT2D eigenvalue weighted by atomic mass is 10.2. The van der Waals surface area contributed by atoms with E-state index in [0.29, 0.717) is 0 Å². The van der Waals surface area contributed by atoms with Crippen molar-refractivity contribution in [3.63, 3.8) is 0 Å². The van der Waals surface area contributed by atoms with Crippen LogP contribution in [0.3, 0.4) is 0 Å². The molecule has 3 N–H and O–H groups in total. The van der Waals surface area contributed by atoms with Gasteiger partial charge in [-0.15, -0.1) is 4.99 Å². The number of guanidine groups is 1. The van der Waals surface area contributed by atoms with Gasteiger partial charge in [-0.2, -0.15) is 5.26 Å². The standard InChI is InChI=1S/C13H18N6/c1-11-2-4-12(5-3-11)18-6-8-19(9-7-18)17-13(15)16-10-14/h2-5H,6-9H2,1H3,(H3,15,16,17). The quantitative estimate of drug-likeness (QED) is 0.456. The topological polar surface area (TPSA) is 80.7 Å². The molecule has 0 bridgehead atoms. The summed E-state index contributed by atoms with van der Waals surface area (Å²) in [7, 11) is 0. The van der Waals surface area contributed by atoms with Crippen molar-refractivity contribution in [2.45, 2.75) is 6.92 Å². The third-order valence-electron chi connectivity index (χ3n) is 3.12. The van der Waals surface area contributed by atoms with Crippen molar-refractivity contribution >= 4 is 11.6 Å². The predicted octanol–water partition coefficient (Wildman–Crippen LogP) is 0.417. The molecule has 0 aliphatic carbocycles. The van der Waals surface area contributed by atoms with Crippen molar-refractivity contribution in [3.8, 4) is 6.19 Å². The summed E-state index contributed by atoms with van der Waals surface area (Å²) in [4.78, 5) is 5.77. The molecule has 0 amide bonds. The number of hydrazine groups is 1. The summed E-state index contributed by atoms with van der Waals surface area (Å²) in [6.07, 6.45) is 1.66. The van der Waals surface area contributed by atoms with Gasteiger partial charge in [0, 0.05) is 31.9 Å². The number of piperazine rings is 1. The Morgan fingerprint density at radius 1 is 1.26 bits per heavy atom. The molecular weight excluding hydrogens is 240 g/mol. The van der Waals surface area contributed by atoms with Gasteiger partial charge >= 0.3 is 0 Å². The van der Waals surface area contributed by atoms with Gasteiger partial charge in [-0.05, 0) is 19.1 Å². The fourth-order valence-electron chi connectivity index (χ4n) is 2.07. The number of hydrogen-bond donors (Lipinski definition) is 2. The van der Waals surface area contributed by atoms with Crippen LogP contribution >= 0.6 is 0 Å². The average molecular weight is 258 g/mol. The number of aryl methyl sites for hydroxylation is 1. The largest absolute Gasteiger partial charge is 0.369 e. The Labute approximate surface area is 113 Å². The first-order valence-electron chi connectivity index (χ1n) is 6.24. The Bertz CT molecular complexity index is 479. The van der Waals surface area contributed by atoms with E-state index in [1.807, 2.05) is 5.01 Å². The molecule has 6 nitrogen and oxygen atoms in total. The van der Waals surface area contributed by atoms with Gasteiger partial charge in [0.15, 0.2) is 0 Å². The van der Waals surface area contributed by atoms with Gasteiger partial charge in [0.05, 0.1) is 0 Å². The summed E-state index contributed by atoms with van der Waals surface area (Å²) in [5, 5.41) is 10.4. The molecule has 0 spiro atoms. The van der Waals surface area contributed by atoms with Gasteiger partial charge in [0.25, 0.3) is 0 Å². The van der Waals surface area contributed by atoms with Gasteiger partial charge in [0.1, 0.15) is 0 Å². The molecule has 1 aromatic rings. The highest BCUT2D eigenvalue weighted by molar-refractivity contribution is 5.78. The SMILES string of the molecule is Cc1ccc(N2CCN(NC(N)=NC#N)CC2)cc1. The molecule has 0 unspecified atom stereocenters. The Balaban J connectivity index is 1.87. The van der Waals surface area contributed by atoms with E-state index in [9.17, 15) is 0 Å². The second-order valence-electron chi connectivity index (χ2n) is 4.52. The number of hydrogen-bond acceptors (Lipinski definition) is 4. The van der Waals surface area contributed by atoms with Crippen LogP contribution in [-0.4, -0.2) is 37.1 Å². The number of nitrogens with two attached hydrogens (primary N) is 1. The number of nitrogens with zero attached hydrogens (tertiary/aromatic N) is 4. The Hall–Kier alpha value is -2.26. The molecule has 1 aliphatic rings. The van der Waals surface area contributed by atoms with Crippen molar-refractivity contribution in [3.05, 3.63) is 29.8 Å². The van der Waals surface area contributed by atoms with Crippen LogP contribution < -0.4 is 16.1 Å². The fraction of sp³-hybridized carbons (Fsp3) is 0.385. The van der Waals surface area contributed by atoms with E-state index in [1.165, 1.54) is 11.3 Å². The summed E-state index contributed by atoms with van der Waals surface area (Å²) < 4.78 is 0. The first-order valence-corrected chi connectivity index (χ1v) is 6.24. The molecule has 1 fully saturated rings. The summed E-state index contributed by atoms with van der Waals surface area (Å²) in [5.74, 6) is 0.145. The Morgan fingerprint density at radius 2 is 1.89 bits per heavy atom. The number of nitriles is 1. The minimum absolute atomic E-state index is 0.145. The van der Waals surface area contributed by atoms with Crippen LogP contribution in [0.15, 0.2) is 29.3 Å². The first kappa shape index (κ1) is 13.2. The number of nitrogens with one attached hydrogen (secondary N) is 1. The van der Waals surface area contributed by atoms with Gasteiger partial charge in [-0.1, -0.05) is 17.7 Å². The van der Waals surface area contributed by atoms with E-state index in [-0.39, 0.29) is 5.96 Å². The monoisotopic (exact) mass is 258 g/mol. The van der Waals surface area contributed by atoms with Crippen LogP contribution in [0.25, 0.3) is 0 Å². The Kier molecular flexibility index (Phi) is 4.21. The number of rotatable bonds is 2. The Morgan fingerprint density at radius 3 is 2.47 bits per heavy atom. The summed E-state index contributed by atoms with van der Waals surface area (Å²) in [6, 6.07) is 8.53. The summed E-state index contributed by atoms with van der Waals surface area (Å²) in [5.41, 5.74) is 11.0. The van der Waals surface area contributed by atoms with Crippen molar-refractivity contribution in [1.82, 2.24) is 10.4 Å². The number of benzene rings is 1. The zero-order chi connectivity index (χ0) is 13.7. The van der Waals surface area contributed by atoms with Crippen LogP contribution in [-0.2, 0) is 0 Å². The van der Waals surface area contributed by atoms with E-state index in [2.05, 4.69) is 46.5 Å². The lowest BCUT2D eigenvalue weighted by molar-refractivity contribution is 0.220. The van der Waals surface area contributed by atoms with Crippen LogP contribution in [0.1, 0.15) is 5.56 Å². The van der Waals surface area contributed by atoms with Gasteiger partial charge in [-0.3, -0.25) is 5.43 Å². The smallest absolute Gasteiger partial charge is 0.219 e. The van der Waals surface area contributed by atoms with Gasteiger partial charge in [0.2, 0.25) is 12.2 Å². The molecule has 1 aromatic carbocycles. The fourth-order valence-corrected chi connectivity index (χ4v) is 2.07. The number of aliphatic imine (C=N–C) groups is 1. The lowest BCUT2D eigenvalue weighted by Crippen LogP contribution is -2.55. The van der Waals surface area contributed by atoms with Crippen molar-refractivity contribution in [1.29, 1.82) is 5.26 Å². The van der Waals surface area contributed by atoms with Crippen LogP contribution in [0, 0.1) is 18.4 Å². The summed E-state index contributed by atoms with van der Waals surface area (Å²) >= 11 is 0. The highest BCUT2D eigenvalue weighted by Crippen LogP contribution is 2.16. The molecule has 100 valence electrons. The number of anilines is 1. The predicted molar refractivity (Wildman–Crippen MR) is 75.3 cm³/mol. The molecule has 19 heavy (non-hydrogen) atoms. The van der Waals surface area contributed by atoms with Crippen molar-refractivity contribution in [2.75, 3.05) is 31.1 Å². The highest BCUT2D eigenvalue weighted by Gasteiger charge is 2.17. The molecule has 0 aromatic heterocycles. The van der Waals surface area contributed by atoms with Crippen molar-refractivity contribution in [2.24, 2.45) is 10.7 Å². The lowest BCUT2D eigenvalue weighted by Gasteiger charge is -2.36. The second-order valence-corrected chi connectivity index (χ2v) is 4.52. The normalized spacial score (nSPS) is 17.1. The molecule has 2 rings (SSSR count). The zero-order valence-electron chi connectivity index (χ0n) is 11.0. The average Bonchev–Trinajstić information content (AvgIpc) is 2.41. The minimum atomic E-state index is 0.145. The maximum absolute atomic E-state index is 8.40. The molecule has 0 radical (unpaired) electrons. The first-order chi connectivity index (χ1) is 9.19. The van der Waals surface area contributed by atoms with E-state index in [1.54, 1.807) is 6.19 Å². The van der Waals surface area contributed by atoms with E-state index >= 15 is 0 Å². The molecule has 0 atom stereocenters. The molecule has 6 heteroatoms. The van der Waals surface area contributed by atoms with Crippen LogP contribution in [0.5, 0.6) is 0 Å². The van der Waals surface area contributed by atoms with Crippen molar-refractivity contribution < 1.29 is 0 Å². The minimum Gasteiger partial charge on any atom is -0.369 e. The molecule has 1 heterocycles. The van der Waals surface area contributed by atoms with E-state index in [0.717, 1.165) is 26.2 Å². The third-order valence-corrected chi connectivity index (χ3v) is 3.12. The second kappa shape index (κ2) is 6.07. The van der Waals surface area contributed by atoms with Crippen LogP contribution in [0.4, 0.5) is 5.69 Å². The zero-order valence-corrected chi connectivity index (χ0v) is 11.0. The highest BCUT2D eigenvalue weighted by atomic mass is 15.6. The molecule has 1 saturated heterocycles. The maximum atomic E-state index is 8.40. The van der Waals surface area contributed by atoms with Crippen LogP contribution in [0.2, 0.25) is 0 Å². The van der Waals surface area contributed by atoms with Gasteiger partial charge in [-0.25, -0.2) is 5.01 Å². The summed E-state index contributed by atoms with van der Waals surface area (Å²) in [6.45, 7) is 5.57. The van der Waals surface area contributed by atoms with E-state index in [4.69, 9.17) is 11.0 Å². The molecule has 1 aliphatic heterocycles. The third kappa shape index (κ3) is 3.60. The molecule has 0 saturated carbocycles. The van der Waals surface area contributed by atoms with E-state index < -0.39 is 0 Å². The maximum Gasteiger partial charge on any atom is 0.219 e. The van der Waals surface area contributed by atoms with Gasteiger partial charge < -0.3 is 10.6 Å². The molecular formula is C13H18N6.